The van der Waals surface area contributed by atoms with Crippen LogP contribution in [0.25, 0.3) is 0 Å². The Labute approximate surface area is 145 Å². The van der Waals surface area contributed by atoms with E-state index in [1.54, 1.807) is 13.8 Å². The summed E-state index contributed by atoms with van der Waals surface area (Å²) in [6, 6.07) is 5.44. The molecule has 2 aromatic rings. The van der Waals surface area contributed by atoms with Crippen molar-refractivity contribution >= 4 is 32.4 Å². The molecule has 0 saturated heterocycles. The zero-order valence-corrected chi connectivity index (χ0v) is 15.6. The first kappa shape index (κ1) is 18.5. The SMILES string of the molecule is CCC(=O)Nc1nnc(S(=O)(=O)N[C@H](C)c2ccc(C)cc2C)s1. The lowest BCUT2D eigenvalue weighted by Gasteiger charge is -2.16. The van der Waals surface area contributed by atoms with Crippen molar-refractivity contribution in [3.05, 3.63) is 34.9 Å². The summed E-state index contributed by atoms with van der Waals surface area (Å²) in [7, 11) is -3.81. The monoisotopic (exact) mass is 368 g/mol. The van der Waals surface area contributed by atoms with Gasteiger partial charge < -0.3 is 5.32 Å². The fourth-order valence-electron chi connectivity index (χ4n) is 2.23. The van der Waals surface area contributed by atoms with Gasteiger partial charge in [-0.05, 0) is 31.9 Å². The predicted molar refractivity (Wildman–Crippen MR) is 93.5 cm³/mol. The Balaban J connectivity index is 2.17. The van der Waals surface area contributed by atoms with Gasteiger partial charge in [0.25, 0.3) is 10.0 Å². The third-order valence-corrected chi connectivity index (χ3v) is 6.17. The lowest BCUT2D eigenvalue weighted by Crippen LogP contribution is -2.27. The molecular formula is C15H20N4O3S2. The van der Waals surface area contributed by atoms with Gasteiger partial charge >= 0.3 is 0 Å². The van der Waals surface area contributed by atoms with Crippen LogP contribution in [0.15, 0.2) is 22.5 Å². The number of rotatable bonds is 6. The number of benzene rings is 1. The van der Waals surface area contributed by atoms with Gasteiger partial charge in [0.15, 0.2) is 0 Å². The van der Waals surface area contributed by atoms with Crippen LogP contribution in [0.2, 0.25) is 0 Å². The highest BCUT2D eigenvalue weighted by Crippen LogP contribution is 2.24. The minimum atomic E-state index is -3.81. The number of anilines is 1. The Morgan fingerprint density at radius 2 is 2.00 bits per heavy atom. The number of aryl methyl sites for hydroxylation is 2. The van der Waals surface area contributed by atoms with Crippen LogP contribution in [0.4, 0.5) is 5.13 Å². The van der Waals surface area contributed by atoms with Crippen LogP contribution < -0.4 is 10.0 Å². The summed E-state index contributed by atoms with van der Waals surface area (Å²) in [5.41, 5.74) is 3.03. The van der Waals surface area contributed by atoms with Gasteiger partial charge in [0.05, 0.1) is 0 Å². The number of sulfonamides is 1. The van der Waals surface area contributed by atoms with Gasteiger partial charge in [-0.1, -0.05) is 42.0 Å². The summed E-state index contributed by atoms with van der Waals surface area (Å²) < 4.78 is 27.3. The second-order valence-electron chi connectivity index (χ2n) is 5.48. The molecule has 0 bridgehead atoms. The summed E-state index contributed by atoms with van der Waals surface area (Å²) in [5, 5.41) is 10.0. The molecule has 1 heterocycles. The highest BCUT2D eigenvalue weighted by molar-refractivity contribution is 7.91. The molecule has 0 unspecified atom stereocenters. The van der Waals surface area contributed by atoms with Crippen LogP contribution in [-0.2, 0) is 14.8 Å². The van der Waals surface area contributed by atoms with E-state index in [1.807, 2.05) is 32.0 Å². The molecule has 1 amide bonds. The lowest BCUT2D eigenvalue weighted by molar-refractivity contribution is -0.115. The van der Waals surface area contributed by atoms with Gasteiger partial charge in [-0.2, -0.15) is 0 Å². The first-order valence-corrected chi connectivity index (χ1v) is 9.75. The number of amides is 1. The minimum Gasteiger partial charge on any atom is -0.301 e. The molecule has 0 aliphatic carbocycles. The molecule has 0 spiro atoms. The Kier molecular flexibility index (Phi) is 5.68. The topological polar surface area (TPSA) is 101 Å². The molecule has 9 heteroatoms. The molecule has 1 atom stereocenters. The zero-order chi connectivity index (χ0) is 17.9. The quantitative estimate of drug-likeness (QED) is 0.763. The standard InChI is InChI=1S/C15H20N4O3S2/c1-5-13(20)16-14-17-18-15(23-14)24(21,22)19-11(4)12-7-6-9(2)8-10(12)3/h6-8,11,19H,5H2,1-4H3,(H,16,17,20)/t11-/m1/s1. The number of nitrogens with one attached hydrogen (secondary N) is 2. The zero-order valence-electron chi connectivity index (χ0n) is 14.0. The van der Waals surface area contributed by atoms with Gasteiger partial charge in [-0.3, -0.25) is 4.79 Å². The maximum Gasteiger partial charge on any atom is 0.270 e. The number of aromatic nitrogens is 2. The Morgan fingerprint density at radius 1 is 1.29 bits per heavy atom. The van der Waals surface area contributed by atoms with Gasteiger partial charge in [0.1, 0.15) is 0 Å². The highest BCUT2D eigenvalue weighted by atomic mass is 32.2. The van der Waals surface area contributed by atoms with E-state index >= 15 is 0 Å². The third-order valence-electron chi connectivity index (χ3n) is 3.43. The van der Waals surface area contributed by atoms with Crippen LogP contribution in [0, 0.1) is 13.8 Å². The normalized spacial score (nSPS) is 12.8. The molecule has 0 radical (unpaired) electrons. The van der Waals surface area contributed by atoms with E-state index in [0.29, 0.717) is 0 Å². The van der Waals surface area contributed by atoms with Crippen LogP contribution in [0.1, 0.15) is 43.0 Å². The summed E-state index contributed by atoms with van der Waals surface area (Å²) in [4.78, 5) is 11.3. The van der Waals surface area contributed by atoms with Crippen molar-refractivity contribution in [2.45, 2.75) is 44.5 Å². The van der Waals surface area contributed by atoms with Crippen molar-refractivity contribution in [1.82, 2.24) is 14.9 Å². The molecular weight excluding hydrogens is 348 g/mol. The summed E-state index contributed by atoms with van der Waals surface area (Å²) in [6.45, 7) is 7.40. The van der Waals surface area contributed by atoms with E-state index in [-0.39, 0.29) is 21.8 Å². The molecule has 0 aliphatic heterocycles. The molecule has 7 nitrogen and oxygen atoms in total. The lowest BCUT2D eigenvalue weighted by atomic mass is 10.0. The van der Waals surface area contributed by atoms with E-state index in [1.165, 1.54) is 0 Å². The Bertz CT molecular complexity index is 846. The summed E-state index contributed by atoms with van der Waals surface area (Å²) >= 11 is 0.823. The average molecular weight is 368 g/mol. The van der Waals surface area contributed by atoms with Crippen molar-refractivity contribution in [2.24, 2.45) is 0 Å². The molecule has 0 aliphatic rings. The van der Waals surface area contributed by atoms with E-state index in [0.717, 1.165) is 28.0 Å². The van der Waals surface area contributed by atoms with Gasteiger partial charge in [-0.25, -0.2) is 13.1 Å². The first-order chi connectivity index (χ1) is 11.2. The highest BCUT2D eigenvalue weighted by Gasteiger charge is 2.24. The molecule has 1 aromatic heterocycles. The van der Waals surface area contributed by atoms with Gasteiger partial charge in [-0.15, -0.1) is 10.2 Å². The second-order valence-corrected chi connectivity index (χ2v) is 8.34. The fraction of sp³-hybridized carbons (Fsp3) is 0.400. The molecule has 0 fully saturated rings. The van der Waals surface area contributed by atoms with Crippen LogP contribution in [0.5, 0.6) is 0 Å². The Hall–Kier alpha value is -1.84. The summed E-state index contributed by atoms with van der Waals surface area (Å²) in [6.07, 6.45) is 0.281. The number of carbonyl (C=O) groups is 1. The largest absolute Gasteiger partial charge is 0.301 e. The molecule has 0 saturated carbocycles. The van der Waals surface area contributed by atoms with E-state index in [4.69, 9.17) is 0 Å². The van der Waals surface area contributed by atoms with E-state index in [2.05, 4.69) is 20.2 Å². The number of hydrogen-bond donors (Lipinski definition) is 2. The summed E-state index contributed by atoms with van der Waals surface area (Å²) in [5.74, 6) is -0.244. The van der Waals surface area contributed by atoms with Crippen molar-refractivity contribution < 1.29 is 13.2 Å². The maximum atomic E-state index is 12.4. The van der Waals surface area contributed by atoms with Crippen LogP contribution >= 0.6 is 11.3 Å². The van der Waals surface area contributed by atoms with Crippen molar-refractivity contribution in [1.29, 1.82) is 0 Å². The minimum absolute atomic E-state index is 0.168. The molecule has 24 heavy (non-hydrogen) atoms. The second kappa shape index (κ2) is 7.37. The van der Waals surface area contributed by atoms with Crippen LogP contribution in [0.3, 0.4) is 0 Å². The van der Waals surface area contributed by atoms with E-state index < -0.39 is 16.1 Å². The van der Waals surface area contributed by atoms with E-state index in [9.17, 15) is 13.2 Å². The van der Waals surface area contributed by atoms with Crippen molar-refractivity contribution in [3.63, 3.8) is 0 Å². The number of hydrogen-bond acceptors (Lipinski definition) is 6. The molecule has 1 aromatic carbocycles. The fourth-order valence-corrected chi connectivity index (χ4v) is 4.39. The van der Waals surface area contributed by atoms with Crippen LogP contribution in [-0.4, -0.2) is 24.5 Å². The number of nitrogens with zero attached hydrogens (tertiary/aromatic N) is 2. The third kappa shape index (κ3) is 4.37. The molecule has 2 rings (SSSR count). The number of carbonyl (C=O) groups excluding carboxylic acids is 1. The molecule has 130 valence electrons. The predicted octanol–water partition coefficient (Wildman–Crippen LogP) is 2.54. The average Bonchev–Trinajstić information content (AvgIpc) is 2.95. The van der Waals surface area contributed by atoms with Gasteiger partial charge in [0.2, 0.25) is 15.4 Å². The Morgan fingerprint density at radius 3 is 2.62 bits per heavy atom. The smallest absolute Gasteiger partial charge is 0.270 e. The molecule has 2 N–H and O–H groups in total. The van der Waals surface area contributed by atoms with Crippen molar-refractivity contribution in [3.8, 4) is 0 Å². The van der Waals surface area contributed by atoms with Gasteiger partial charge in [0, 0.05) is 12.5 Å². The maximum absolute atomic E-state index is 12.4. The van der Waals surface area contributed by atoms with Crippen molar-refractivity contribution in [2.75, 3.05) is 5.32 Å². The first-order valence-electron chi connectivity index (χ1n) is 7.45.